The van der Waals surface area contributed by atoms with Crippen LogP contribution in [0.4, 0.5) is 5.69 Å². The van der Waals surface area contributed by atoms with E-state index in [0.29, 0.717) is 22.2 Å². The fraction of sp³-hybridized carbons (Fsp3) is 0.333. The van der Waals surface area contributed by atoms with Crippen molar-refractivity contribution in [2.45, 2.75) is 57.5 Å². The summed E-state index contributed by atoms with van der Waals surface area (Å²) in [5.41, 5.74) is 1.57. The minimum Gasteiger partial charge on any atom is -0.354 e. The average Bonchev–Trinajstić information content (AvgIpc) is 2.94. The van der Waals surface area contributed by atoms with Crippen molar-refractivity contribution in [1.29, 1.82) is 0 Å². The van der Waals surface area contributed by atoms with Gasteiger partial charge in [-0.1, -0.05) is 90.4 Å². The number of carbonyl (C=O) groups excluding carboxylic acids is 2. The number of sulfonamides is 1. The summed E-state index contributed by atoms with van der Waals surface area (Å²) in [5.74, 6) is -0.952. The van der Waals surface area contributed by atoms with Crippen molar-refractivity contribution in [2.75, 3.05) is 17.4 Å². The van der Waals surface area contributed by atoms with Crippen molar-refractivity contribution in [3.8, 4) is 0 Å². The third kappa shape index (κ3) is 8.54. The number of hydrogen-bond donors (Lipinski definition) is 1. The third-order valence-electron chi connectivity index (χ3n) is 6.65. The van der Waals surface area contributed by atoms with Gasteiger partial charge in [0.05, 0.1) is 20.6 Å². The first-order chi connectivity index (χ1) is 19.9. The van der Waals surface area contributed by atoms with Gasteiger partial charge in [-0.15, -0.1) is 0 Å². The second kappa shape index (κ2) is 15.3. The molecule has 0 bridgehead atoms. The number of nitrogens with zero attached hydrogens (tertiary/aromatic N) is 2. The second-order valence-electron chi connectivity index (χ2n) is 9.75. The first kappa shape index (κ1) is 34.0. The largest absolute Gasteiger partial charge is 0.354 e. The molecule has 3 rings (SSSR count). The SMILES string of the molecule is CCCCNC(=O)C(CC)N(Cc1ccc(Cl)cc1Cl)C(=O)CN(c1ccc(Cl)c(Cl)c1)S(=O)(=O)c1ccc(C)cc1. The number of halogens is 4. The highest BCUT2D eigenvalue weighted by atomic mass is 35.5. The van der Waals surface area contributed by atoms with Crippen molar-refractivity contribution in [2.24, 2.45) is 0 Å². The quantitative estimate of drug-likeness (QED) is 0.190. The summed E-state index contributed by atoms with van der Waals surface area (Å²) < 4.78 is 28.9. The van der Waals surface area contributed by atoms with Crippen LogP contribution in [0, 0.1) is 6.92 Å². The maximum Gasteiger partial charge on any atom is 0.264 e. The van der Waals surface area contributed by atoms with Crippen molar-refractivity contribution < 1.29 is 18.0 Å². The van der Waals surface area contributed by atoms with Gasteiger partial charge in [0.25, 0.3) is 10.0 Å². The van der Waals surface area contributed by atoms with Crippen LogP contribution in [0.5, 0.6) is 0 Å². The van der Waals surface area contributed by atoms with Gasteiger partial charge >= 0.3 is 0 Å². The molecule has 0 spiro atoms. The summed E-state index contributed by atoms with van der Waals surface area (Å²) in [6, 6.07) is 14.6. The van der Waals surface area contributed by atoms with Gasteiger partial charge in [-0.3, -0.25) is 13.9 Å². The number of carbonyl (C=O) groups is 2. The first-order valence-electron chi connectivity index (χ1n) is 13.4. The lowest BCUT2D eigenvalue weighted by molar-refractivity contribution is -0.140. The van der Waals surface area contributed by atoms with Crippen LogP contribution in [-0.2, 0) is 26.2 Å². The molecule has 2 amide bonds. The smallest absolute Gasteiger partial charge is 0.264 e. The van der Waals surface area contributed by atoms with E-state index in [-0.39, 0.29) is 39.5 Å². The Morgan fingerprint density at radius 1 is 0.881 bits per heavy atom. The van der Waals surface area contributed by atoms with E-state index in [0.717, 1.165) is 22.7 Å². The molecule has 226 valence electrons. The van der Waals surface area contributed by atoms with Gasteiger partial charge < -0.3 is 10.2 Å². The standard InChI is InChI=1S/C30H33Cl4N3O4S/c1-4-6-15-35-30(39)28(5-2)36(18-21-9-10-22(31)16-26(21)33)29(38)19-37(23-11-14-25(32)27(34)17-23)42(40,41)24-12-7-20(3)8-13-24/h7-14,16-17,28H,4-6,15,18-19H2,1-3H3,(H,35,39). The van der Waals surface area contributed by atoms with E-state index in [9.17, 15) is 18.0 Å². The Morgan fingerprint density at radius 3 is 2.17 bits per heavy atom. The highest BCUT2D eigenvalue weighted by Gasteiger charge is 2.34. The summed E-state index contributed by atoms with van der Waals surface area (Å²) in [6.45, 7) is 5.42. The summed E-state index contributed by atoms with van der Waals surface area (Å²) >= 11 is 24.9. The van der Waals surface area contributed by atoms with Gasteiger partial charge in [-0.25, -0.2) is 8.42 Å². The Kier molecular flexibility index (Phi) is 12.4. The molecule has 0 heterocycles. The van der Waals surface area contributed by atoms with Crippen molar-refractivity contribution >= 4 is 73.9 Å². The van der Waals surface area contributed by atoms with Gasteiger partial charge in [0, 0.05) is 23.1 Å². The molecule has 0 aliphatic rings. The van der Waals surface area contributed by atoms with E-state index < -0.39 is 28.5 Å². The molecule has 0 saturated carbocycles. The minimum absolute atomic E-state index is 0.0105. The maximum atomic E-state index is 14.1. The van der Waals surface area contributed by atoms with E-state index >= 15 is 0 Å². The fourth-order valence-electron chi connectivity index (χ4n) is 4.27. The highest BCUT2D eigenvalue weighted by molar-refractivity contribution is 7.92. The summed E-state index contributed by atoms with van der Waals surface area (Å²) in [6.07, 6.45) is 1.95. The maximum absolute atomic E-state index is 14.1. The number of anilines is 1. The number of benzene rings is 3. The topological polar surface area (TPSA) is 86.8 Å². The molecule has 1 atom stereocenters. The zero-order chi connectivity index (χ0) is 31.0. The van der Waals surface area contributed by atoms with Crippen molar-refractivity contribution in [3.05, 3.63) is 91.9 Å². The predicted molar refractivity (Wildman–Crippen MR) is 171 cm³/mol. The van der Waals surface area contributed by atoms with E-state index in [2.05, 4.69) is 5.32 Å². The van der Waals surface area contributed by atoms with E-state index in [1.807, 2.05) is 13.8 Å². The molecule has 1 unspecified atom stereocenters. The van der Waals surface area contributed by atoms with Crippen LogP contribution >= 0.6 is 46.4 Å². The normalized spacial score (nSPS) is 12.1. The average molecular weight is 673 g/mol. The lowest BCUT2D eigenvalue weighted by atomic mass is 10.1. The van der Waals surface area contributed by atoms with Crippen LogP contribution in [0.3, 0.4) is 0 Å². The Bertz CT molecular complexity index is 1520. The number of rotatable bonds is 13. The van der Waals surface area contributed by atoms with Crippen molar-refractivity contribution in [1.82, 2.24) is 10.2 Å². The van der Waals surface area contributed by atoms with E-state index in [1.54, 1.807) is 37.3 Å². The van der Waals surface area contributed by atoms with Crippen LogP contribution in [0.15, 0.2) is 65.6 Å². The van der Waals surface area contributed by atoms with Crippen LogP contribution < -0.4 is 9.62 Å². The van der Waals surface area contributed by atoms with Gasteiger partial charge in [0.15, 0.2) is 0 Å². The fourth-order valence-corrected chi connectivity index (χ4v) is 6.43. The molecule has 42 heavy (non-hydrogen) atoms. The van der Waals surface area contributed by atoms with Crippen molar-refractivity contribution in [3.63, 3.8) is 0 Å². The summed E-state index contributed by atoms with van der Waals surface area (Å²) in [7, 11) is -4.25. The monoisotopic (exact) mass is 671 g/mol. The Labute approximate surface area is 267 Å². The molecule has 7 nitrogen and oxygen atoms in total. The highest BCUT2D eigenvalue weighted by Crippen LogP contribution is 2.31. The lowest BCUT2D eigenvalue weighted by Crippen LogP contribution is -2.52. The Hall–Kier alpha value is -2.49. The lowest BCUT2D eigenvalue weighted by Gasteiger charge is -2.33. The molecule has 1 N–H and O–H groups in total. The summed E-state index contributed by atoms with van der Waals surface area (Å²) in [4.78, 5) is 28.8. The molecule has 3 aromatic rings. The number of nitrogens with one attached hydrogen (secondary N) is 1. The number of hydrogen-bond acceptors (Lipinski definition) is 4. The molecule has 12 heteroatoms. The zero-order valence-corrected chi connectivity index (χ0v) is 27.4. The minimum atomic E-state index is -4.25. The van der Waals surface area contributed by atoms with Crippen LogP contribution in [-0.4, -0.2) is 44.3 Å². The van der Waals surface area contributed by atoms with Crippen LogP contribution in [0.1, 0.15) is 44.2 Å². The zero-order valence-electron chi connectivity index (χ0n) is 23.5. The van der Waals surface area contributed by atoms with Gasteiger partial charge in [0.1, 0.15) is 12.6 Å². The van der Waals surface area contributed by atoms with Gasteiger partial charge in [0.2, 0.25) is 11.8 Å². The predicted octanol–water partition coefficient (Wildman–Crippen LogP) is 7.53. The number of unbranched alkanes of at least 4 members (excludes halogenated alkanes) is 1. The molecule has 0 aliphatic heterocycles. The molecule has 0 saturated heterocycles. The first-order valence-corrected chi connectivity index (χ1v) is 16.4. The second-order valence-corrected chi connectivity index (χ2v) is 13.3. The van der Waals surface area contributed by atoms with Gasteiger partial charge in [-0.05, 0) is 67.8 Å². The van der Waals surface area contributed by atoms with E-state index in [1.165, 1.54) is 35.2 Å². The van der Waals surface area contributed by atoms with Crippen LogP contribution in [0.25, 0.3) is 0 Å². The molecule has 0 radical (unpaired) electrons. The Balaban J connectivity index is 2.08. The van der Waals surface area contributed by atoms with Gasteiger partial charge in [-0.2, -0.15) is 0 Å². The van der Waals surface area contributed by atoms with E-state index in [4.69, 9.17) is 46.4 Å². The van der Waals surface area contributed by atoms with Crippen LogP contribution in [0.2, 0.25) is 20.1 Å². The Morgan fingerprint density at radius 2 is 1.57 bits per heavy atom. The molecular weight excluding hydrogens is 640 g/mol. The molecular formula is C30H33Cl4N3O4S. The number of aryl methyl sites for hydroxylation is 1. The summed E-state index contributed by atoms with van der Waals surface area (Å²) in [5, 5.41) is 3.97. The third-order valence-corrected chi connectivity index (χ3v) is 9.76. The number of amides is 2. The molecule has 0 aliphatic carbocycles. The molecule has 0 fully saturated rings. The molecule has 0 aromatic heterocycles. The molecule has 3 aromatic carbocycles.